The number of benzene rings is 1. The molecule has 0 radical (unpaired) electrons. The molecule has 3 fully saturated rings. The second-order valence-electron chi connectivity index (χ2n) is 9.36. The summed E-state index contributed by atoms with van der Waals surface area (Å²) in [4.78, 5) is 15.3. The lowest BCUT2D eigenvalue weighted by molar-refractivity contribution is -0.117. The highest BCUT2D eigenvalue weighted by Gasteiger charge is 2.53. The first kappa shape index (κ1) is 18.4. The van der Waals surface area contributed by atoms with Gasteiger partial charge in [0.25, 0.3) is 0 Å². The van der Waals surface area contributed by atoms with Crippen LogP contribution < -0.4 is 15.4 Å². The number of methoxy groups -OCH3 is 1. The van der Waals surface area contributed by atoms with Crippen molar-refractivity contribution in [1.82, 2.24) is 10.2 Å². The largest absolute Gasteiger partial charge is 0.495 e. The Morgan fingerprint density at radius 3 is 2.93 bits per heavy atom. The quantitative estimate of drug-likeness (QED) is 0.842. The molecule has 2 aliphatic heterocycles. The first-order valence-corrected chi connectivity index (χ1v) is 11.1. The molecule has 2 aliphatic carbocycles. The highest BCUT2D eigenvalue weighted by atomic mass is 16.5. The zero-order chi connectivity index (χ0) is 19.3. The fraction of sp³-hybridized carbons (Fsp3) is 0.696. The molecule has 28 heavy (non-hydrogen) atoms. The number of carbonyl (C=O) groups excluding carboxylic acids is 1. The Morgan fingerprint density at radius 1 is 1.25 bits per heavy atom. The number of nitrogens with zero attached hydrogens (tertiary/aromatic N) is 1. The SMILES string of the molecule is COc1cc2c(cc1NC(=O)C1CCCN1)C[C@H]1C3CCCC[C@]23CCN1C. The van der Waals surface area contributed by atoms with Crippen molar-refractivity contribution in [1.29, 1.82) is 0 Å². The van der Waals surface area contributed by atoms with Crippen LogP contribution in [0.1, 0.15) is 56.1 Å². The summed E-state index contributed by atoms with van der Waals surface area (Å²) < 4.78 is 5.76. The van der Waals surface area contributed by atoms with Crippen molar-refractivity contribution in [3.63, 3.8) is 0 Å². The fourth-order valence-electron chi connectivity index (χ4n) is 6.63. The summed E-state index contributed by atoms with van der Waals surface area (Å²) in [5.41, 5.74) is 4.08. The molecule has 1 aromatic carbocycles. The molecule has 152 valence electrons. The molecule has 2 bridgehead atoms. The van der Waals surface area contributed by atoms with E-state index in [2.05, 4.69) is 34.7 Å². The van der Waals surface area contributed by atoms with Gasteiger partial charge in [0.2, 0.25) is 5.91 Å². The van der Waals surface area contributed by atoms with Crippen molar-refractivity contribution in [2.24, 2.45) is 5.92 Å². The van der Waals surface area contributed by atoms with Gasteiger partial charge in [-0.2, -0.15) is 0 Å². The van der Waals surface area contributed by atoms with Crippen molar-refractivity contribution >= 4 is 11.6 Å². The molecule has 2 unspecified atom stereocenters. The predicted molar refractivity (Wildman–Crippen MR) is 111 cm³/mol. The van der Waals surface area contributed by atoms with Crippen LogP contribution >= 0.6 is 0 Å². The van der Waals surface area contributed by atoms with Gasteiger partial charge < -0.3 is 20.3 Å². The van der Waals surface area contributed by atoms with E-state index in [0.29, 0.717) is 11.5 Å². The van der Waals surface area contributed by atoms with E-state index in [-0.39, 0.29) is 11.9 Å². The Bertz CT molecular complexity index is 773. The average molecular weight is 384 g/mol. The number of rotatable bonds is 3. The van der Waals surface area contributed by atoms with Crippen LogP contribution in [-0.2, 0) is 16.6 Å². The van der Waals surface area contributed by atoms with Crippen LogP contribution in [0.2, 0.25) is 0 Å². The molecule has 4 aliphatic rings. The van der Waals surface area contributed by atoms with Gasteiger partial charge in [0.1, 0.15) is 5.75 Å². The van der Waals surface area contributed by atoms with Crippen LogP contribution in [-0.4, -0.2) is 50.1 Å². The van der Waals surface area contributed by atoms with E-state index in [1.54, 1.807) is 7.11 Å². The predicted octanol–water partition coefficient (Wildman–Crippen LogP) is 3.07. The van der Waals surface area contributed by atoms with E-state index in [4.69, 9.17) is 4.74 Å². The number of likely N-dealkylation sites (tertiary alicyclic amines) is 1. The van der Waals surface area contributed by atoms with E-state index in [9.17, 15) is 4.79 Å². The summed E-state index contributed by atoms with van der Waals surface area (Å²) in [5, 5.41) is 6.45. The van der Waals surface area contributed by atoms with E-state index in [1.807, 2.05) is 0 Å². The molecule has 5 nitrogen and oxygen atoms in total. The van der Waals surface area contributed by atoms with Gasteiger partial charge in [-0.3, -0.25) is 4.79 Å². The van der Waals surface area contributed by atoms with Crippen molar-refractivity contribution < 1.29 is 9.53 Å². The molecule has 1 amide bonds. The summed E-state index contributed by atoms with van der Waals surface area (Å²) in [6.07, 6.45) is 9.67. The Balaban J connectivity index is 1.53. The molecular formula is C23H33N3O2. The number of amides is 1. The van der Waals surface area contributed by atoms with Gasteiger partial charge in [-0.25, -0.2) is 0 Å². The lowest BCUT2D eigenvalue weighted by Gasteiger charge is -2.58. The minimum Gasteiger partial charge on any atom is -0.495 e. The molecule has 2 heterocycles. The van der Waals surface area contributed by atoms with Crippen LogP contribution in [0.4, 0.5) is 5.69 Å². The highest BCUT2D eigenvalue weighted by molar-refractivity contribution is 5.96. The van der Waals surface area contributed by atoms with Crippen LogP contribution in [0, 0.1) is 5.92 Å². The number of ether oxygens (including phenoxy) is 1. The zero-order valence-corrected chi connectivity index (χ0v) is 17.2. The number of anilines is 1. The van der Waals surface area contributed by atoms with Gasteiger partial charge in [-0.15, -0.1) is 0 Å². The van der Waals surface area contributed by atoms with Gasteiger partial charge >= 0.3 is 0 Å². The molecule has 2 N–H and O–H groups in total. The molecule has 2 saturated heterocycles. The number of hydrogen-bond donors (Lipinski definition) is 2. The van der Waals surface area contributed by atoms with E-state index in [0.717, 1.165) is 43.2 Å². The minimum atomic E-state index is -0.0763. The maximum Gasteiger partial charge on any atom is 0.241 e. The first-order valence-electron chi connectivity index (χ1n) is 11.1. The maximum atomic E-state index is 12.7. The number of nitrogens with one attached hydrogen (secondary N) is 2. The normalized spacial score (nSPS) is 34.4. The Hall–Kier alpha value is -1.59. The number of piperidine rings is 1. The summed E-state index contributed by atoms with van der Waals surface area (Å²) >= 11 is 0. The number of carbonyl (C=O) groups is 1. The minimum absolute atomic E-state index is 0.0672. The molecule has 5 rings (SSSR count). The Labute approximate surface area is 168 Å². The van der Waals surface area contributed by atoms with Crippen molar-refractivity contribution in [3.8, 4) is 5.75 Å². The second kappa shape index (κ2) is 7.03. The van der Waals surface area contributed by atoms with Crippen molar-refractivity contribution in [2.75, 3.05) is 32.6 Å². The molecule has 0 spiro atoms. The van der Waals surface area contributed by atoms with Gasteiger partial charge in [0.05, 0.1) is 18.8 Å². The lowest BCUT2D eigenvalue weighted by Crippen LogP contribution is -2.59. The molecule has 1 aromatic rings. The van der Waals surface area contributed by atoms with Gasteiger partial charge in [-0.05, 0) is 87.8 Å². The Kier molecular flexibility index (Phi) is 4.63. The van der Waals surface area contributed by atoms with Crippen LogP contribution in [0.5, 0.6) is 5.75 Å². The summed E-state index contributed by atoms with van der Waals surface area (Å²) in [5.74, 6) is 1.65. The monoisotopic (exact) mass is 383 g/mol. The molecule has 1 saturated carbocycles. The van der Waals surface area contributed by atoms with Gasteiger partial charge in [0, 0.05) is 11.5 Å². The lowest BCUT2D eigenvalue weighted by atomic mass is 9.52. The van der Waals surface area contributed by atoms with Crippen molar-refractivity contribution in [2.45, 2.75) is 68.9 Å². The topological polar surface area (TPSA) is 53.6 Å². The van der Waals surface area contributed by atoms with E-state index < -0.39 is 0 Å². The zero-order valence-electron chi connectivity index (χ0n) is 17.2. The van der Waals surface area contributed by atoms with Crippen molar-refractivity contribution in [3.05, 3.63) is 23.3 Å². The third-order valence-electron chi connectivity index (χ3n) is 8.06. The van der Waals surface area contributed by atoms with Crippen LogP contribution in [0.25, 0.3) is 0 Å². The average Bonchev–Trinajstić information content (AvgIpc) is 3.25. The molecule has 4 atom stereocenters. The molecule has 0 aromatic heterocycles. The van der Waals surface area contributed by atoms with Gasteiger partial charge in [0.15, 0.2) is 0 Å². The summed E-state index contributed by atoms with van der Waals surface area (Å²) in [7, 11) is 4.02. The number of fused-ring (bicyclic) bond motifs is 1. The molecule has 5 heteroatoms. The van der Waals surface area contributed by atoms with E-state index >= 15 is 0 Å². The maximum absolute atomic E-state index is 12.7. The van der Waals surface area contributed by atoms with Gasteiger partial charge in [-0.1, -0.05) is 12.8 Å². The smallest absolute Gasteiger partial charge is 0.241 e. The molecular weight excluding hydrogens is 350 g/mol. The first-order chi connectivity index (χ1) is 13.6. The third kappa shape index (κ3) is 2.78. The second-order valence-corrected chi connectivity index (χ2v) is 9.36. The van der Waals surface area contributed by atoms with Crippen LogP contribution in [0.3, 0.4) is 0 Å². The van der Waals surface area contributed by atoms with E-state index in [1.165, 1.54) is 49.8 Å². The highest BCUT2D eigenvalue weighted by Crippen LogP contribution is 2.56. The van der Waals surface area contributed by atoms with Crippen LogP contribution in [0.15, 0.2) is 12.1 Å². The number of likely N-dealkylation sites (N-methyl/N-ethyl adjacent to an activating group) is 1. The number of hydrogen-bond acceptors (Lipinski definition) is 4. The summed E-state index contributed by atoms with van der Waals surface area (Å²) in [6, 6.07) is 5.05. The fourth-order valence-corrected chi connectivity index (χ4v) is 6.63. The summed E-state index contributed by atoms with van der Waals surface area (Å²) in [6.45, 7) is 2.12. The third-order valence-corrected chi connectivity index (χ3v) is 8.06. The Morgan fingerprint density at radius 2 is 2.14 bits per heavy atom. The standard InChI is InChI=1S/C23H33N3O2/c1-26-11-9-23-8-4-3-6-16(23)20(26)13-15-12-19(21(28-2)14-17(15)23)25-22(27)18-7-5-10-24-18/h12,14,16,18,20,24H,3-11,13H2,1-2H3,(H,25,27)/t16?,18?,20-,23+/m0/s1.